The van der Waals surface area contributed by atoms with E-state index in [1.54, 1.807) is 0 Å². The van der Waals surface area contributed by atoms with Crippen molar-refractivity contribution in [2.24, 2.45) is 0 Å². The third-order valence-corrected chi connectivity index (χ3v) is 3.69. The Kier molecular flexibility index (Phi) is 4.56. The van der Waals surface area contributed by atoms with Gasteiger partial charge in [-0.2, -0.15) is 0 Å². The first-order chi connectivity index (χ1) is 9.13. The Hall–Kier alpha value is -1.39. The number of esters is 1. The molecule has 2 N–H and O–H groups in total. The van der Waals surface area contributed by atoms with Crippen LogP contribution in [0.4, 0.5) is 0 Å². The van der Waals surface area contributed by atoms with Crippen LogP contribution in [0.1, 0.15) is 31.4 Å². The molecule has 4 heteroatoms. The van der Waals surface area contributed by atoms with Crippen molar-refractivity contribution in [1.29, 1.82) is 0 Å². The van der Waals surface area contributed by atoms with E-state index in [9.17, 15) is 4.79 Å². The standard InChI is InChI=1S/C15H22N2O2/c1-15(8-9-16-11-15)17-13(10-14(18)19-2)12-6-4-3-5-7-12/h3-7,13,16-17H,8-11H2,1-2H3. The van der Waals surface area contributed by atoms with Crippen molar-refractivity contribution in [3.63, 3.8) is 0 Å². The highest BCUT2D eigenvalue weighted by molar-refractivity contribution is 5.70. The molecule has 1 aliphatic rings. The van der Waals surface area contributed by atoms with Crippen molar-refractivity contribution in [3.8, 4) is 0 Å². The first-order valence-electron chi connectivity index (χ1n) is 6.73. The normalized spacial score (nSPS) is 24.1. The van der Waals surface area contributed by atoms with E-state index < -0.39 is 0 Å². The summed E-state index contributed by atoms with van der Waals surface area (Å²) in [5.74, 6) is -0.184. The molecule has 1 aliphatic heterocycles. The Morgan fingerprint density at radius 2 is 2.21 bits per heavy atom. The molecule has 0 bridgehead atoms. The summed E-state index contributed by atoms with van der Waals surface area (Å²) in [5, 5.41) is 6.97. The summed E-state index contributed by atoms with van der Waals surface area (Å²) >= 11 is 0. The number of hydrogen-bond acceptors (Lipinski definition) is 4. The Bertz CT molecular complexity index is 413. The van der Waals surface area contributed by atoms with Crippen LogP contribution in [0.15, 0.2) is 30.3 Å². The molecule has 104 valence electrons. The Labute approximate surface area is 114 Å². The van der Waals surface area contributed by atoms with Crippen molar-refractivity contribution >= 4 is 5.97 Å². The van der Waals surface area contributed by atoms with Gasteiger partial charge in [0.2, 0.25) is 0 Å². The van der Waals surface area contributed by atoms with Crippen LogP contribution in [0, 0.1) is 0 Å². The molecular formula is C15H22N2O2. The molecular weight excluding hydrogens is 240 g/mol. The van der Waals surface area contributed by atoms with Crippen molar-refractivity contribution in [2.75, 3.05) is 20.2 Å². The first-order valence-corrected chi connectivity index (χ1v) is 6.73. The van der Waals surface area contributed by atoms with Gasteiger partial charge in [-0.15, -0.1) is 0 Å². The Morgan fingerprint density at radius 3 is 2.79 bits per heavy atom. The molecule has 1 saturated heterocycles. The average molecular weight is 262 g/mol. The quantitative estimate of drug-likeness (QED) is 0.792. The van der Waals surface area contributed by atoms with E-state index in [0.29, 0.717) is 6.42 Å². The van der Waals surface area contributed by atoms with Crippen molar-refractivity contribution in [1.82, 2.24) is 10.6 Å². The SMILES string of the molecule is COC(=O)CC(NC1(C)CCNC1)c1ccccc1. The fraction of sp³-hybridized carbons (Fsp3) is 0.533. The largest absolute Gasteiger partial charge is 0.469 e. The summed E-state index contributed by atoms with van der Waals surface area (Å²) in [6.45, 7) is 4.14. The molecule has 0 aliphatic carbocycles. The molecule has 0 saturated carbocycles. The lowest BCUT2D eigenvalue weighted by Gasteiger charge is -2.31. The highest BCUT2D eigenvalue weighted by Crippen LogP contribution is 2.24. The smallest absolute Gasteiger partial charge is 0.307 e. The Balaban J connectivity index is 2.12. The van der Waals surface area contributed by atoms with E-state index in [1.807, 2.05) is 30.3 Å². The second-order valence-electron chi connectivity index (χ2n) is 5.38. The third-order valence-electron chi connectivity index (χ3n) is 3.69. The van der Waals surface area contributed by atoms with E-state index in [4.69, 9.17) is 4.74 Å². The van der Waals surface area contributed by atoms with Gasteiger partial charge in [-0.1, -0.05) is 30.3 Å². The summed E-state index contributed by atoms with van der Waals surface area (Å²) in [7, 11) is 1.43. The molecule has 1 fully saturated rings. The molecule has 0 aromatic heterocycles. The van der Waals surface area contributed by atoms with E-state index in [0.717, 1.165) is 25.1 Å². The molecule has 1 aromatic rings. The lowest BCUT2D eigenvalue weighted by molar-refractivity contribution is -0.141. The molecule has 1 heterocycles. The second-order valence-corrected chi connectivity index (χ2v) is 5.38. The minimum absolute atomic E-state index is 0.00134. The Morgan fingerprint density at radius 1 is 1.47 bits per heavy atom. The van der Waals surface area contributed by atoms with Gasteiger partial charge in [0.25, 0.3) is 0 Å². The molecule has 2 unspecified atom stereocenters. The van der Waals surface area contributed by atoms with Crippen LogP contribution >= 0.6 is 0 Å². The number of methoxy groups -OCH3 is 1. The number of carbonyl (C=O) groups excluding carboxylic acids is 1. The highest BCUT2D eigenvalue weighted by atomic mass is 16.5. The summed E-state index contributed by atoms with van der Waals surface area (Å²) in [4.78, 5) is 11.6. The van der Waals surface area contributed by atoms with Crippen LogP contribution in [0.25, 0.3) is 0 Å². The van der Waals surface area contributed by atoms with E-state index in [1.165, 1.54) is 7.11 Å². The van der Waals surface area contributed by atoms with E-state index >= 15 is 0 Å². The summed E-state index contributed by atoms with van der Waals surface area (Å²) < 4.78 is 4.81. The lowest BCUT2D eigenvalue weighted by atomic mass is 9.96. The first kappa shape index (κ1) is 14.0. The lowest BCUT2D eigenvalue weighted by Crippen LogP contribution is -2.46. The van der Waals surface area contributed by atoms with Crippen molar-refractivity contribution in [2.45, 2.75) is 31.3 Å². The molecule has 2 atom stereocenters. The van der Waals surface area contributed by atoms with Crippen LogP contribution in [0.3, 0.4) is 0 Å². The number of nitrogens with one attached hydrogen (secondary N) is 2. The van der Waals surface area contributed by atoms with Gasteiger partial charge in [-0.3, -0.25) is 4.79 Å². The zero-order valence-electron chi connectivity index (χ0n) is 11.6. The van der Waals surface area contributed by atoms with E-state index in [2.05, 4.69) is 17.6 Å². The zero-order chi connectivity index (χ0) is 13.7. The molecule has 0 amide bonds. The molecule has 19 heavy (non-hydrogen) atoms. The maximum absolute atomic E-state index is 11.6. The number of ether oxygens (including phenoxy) is 1. The molecule has 1 aromatic carbocycles. The minimum atomic E-state index is -0.184. The van der Waals surface area contributed by atoms with Crippen LogP contribution in [-0.4, -0.2) is 31.7 Å². The molecule has 2 rings (SSSR count). The van der Waals surface area contributed by atoms with Gasteiger partial charge in [-0.25, -0.2) is 0 Å². The minimum Gasteiger partial charge on any atom is -0.469 e. The summed E-state index contributed by atoms with van der Waals surface area (Å²) in [6, 6.07) is 10.1. The van der Waals surface area contributed by atoms with Crippen LogP contribution in [0.2, 0.25) is 0 Å². The molecule has 0 spiro atoms. The van der Waals surface area contributed by atoms with Gasteiger partial charge in [0.05, 0.1) is 13.5 Å². The topological polar surface area (TPSA) is 50.4 Å². The molecule has 0 radical (unpaired) electrons. The van der Waals surface area contributed by atoms with Crippen molar-refractivity contribution in [3.05, 3.63) is 35.9 Å². The van der Waals surface area contributed by atoms with Crippen LogP contribution < -0.4 is 10.6 Å². The maximum atomic E-state index is 11.6. The maximum Gasteiger partial charge on any atom is 0.307 e. The summed E-state index contributed by atoms with van der Waals surface area (Å²) in [6.07, 6.45) is 1.42. The predicted octanol–water partition coefficient (Wildman–Crippen LogP) is 1.63. The van der Waals surface area contributed by atoms with Gasteiger partial charge in [0, 0.05) is 18.1 Å². The second kappa shape index (κ2) is 6.17. The zero-order valence-corrected chi connectivity index (χ0v) is 11.6. The number of hydrogen-bond donors (Lipinski definition) is 2. The highest BCUT2D eigenvalue weighted by Gasteiger charge is 2.32. The monoisotopic (exact) mass is 262 g/mol. The van der Waals surface area contributed by atoms with Crippen molar-refractivity contribution < 1.29 is 9.53 Å². The number of benzene rings is 1. The predicted molar refractivity (Wildman–Crippen MR) is 74.8 cm³/mol. The third kappa shape index (κ3) is 3.78. The van der Waals surface area contributed by atoms with Crippen LogP contribution in [-0.2, 0) is 9.53 Å². The number of rotatable bonds is 5. The van der Waals surface area contributed by atoms with Gasteiger partial charge < -0.3 is 15.4 Å². The fourth-order valence-electron chi connectivity index (χ4n) is 2.55. The van der Waals surface area contributed by atoms with E-state index in [-0.39, 0.29) is 17.6 Å². The van der Waals surface area contributed by atoms with Gasteiger partial charge >= 0.3 is 5.97 Å². The molecule has 4 nitrogen and oxygen atoms in total. The summed E-state index contributed by atoms with van der Waals surface area (Å²) in [5.41, 5.74) is 1.16. The van der Waals surface area contributed by atoms with Gasteiger partial charge in [-0.05, 0) is 25.5 Å². The average Bonchev–Trinajstić information content (AvgIpc) is 2.85. The van der Waals surface area contributed by atoms with Crippen LogP contribution in [0.5, 0.6) is 0 Å². The van der Waals surface area contributed by atoms with Gasteiger partial charge in [0.15, 0.2) is 0 Å². The fourth-order valence-corrected chi connectivity index (χ4v) is 2.55. The van der Waals surface area contributed by atoms with Gasteiger partial charge in [0.1, 0.15) is 0 Å². The number of carbonyl (C=O) groups is 1.